The van der Waals surface area contributed by atoms with Gasteiger partial charge in [-0.1, -0.05) is 5.16 Å². The van der Waals surface area contributed by atoms with Crippen LogP contribution in [0.15, 0.2) is 16.7 Å². The Morgan fingerprint density at radius 2 is 2.30 bits per heavy atom. The van der Waals surface area contributed by atoms with E-state index in [-0.39, 0.29) is 11.3 Å². The Hall–Kier alpha value is -2.64. The summed E-state index contributed by atoms with van der Waals surface area (Å²) < 4.78 is 18.1. The number of nitrogens with two attached hydrogens (primary N) is 1. The summed E-state index contributed by atoms with van der Waals surface area (Å²) in [6.45, 7) is 2.04. The summed E-state index contributed by atoms with van der Waals surface area (Å²) in [5.41, 5.74) is 5.01. The number of hydrogen-bond acceptors (Lipinski definition) is 6. The van der Waals surface area contributed by atoms with Gasteiger partial charge in [0, 0.05) is 19.9 Å². The first kappa shape index (κ1) is 13.8. The quantitative estimate of drug-likeness (QED) is 0.710. The average Bonchev–Trinajstić information content (AvgIpc) is 2.79. The zero-order valence-electron chi connectivity index (χ0n) is 10.7. The van der Waals surface area contributed by atoms with E-state index in [1.54, 1.807) is 6.92 Å². The van der Waals surface area contributed by atoms with Gasteiger partial charge in [0.1, 0.15) is 11.4 Å². The number of aromatic nitrogens is 2. The number of carboxylic acids is 1. The zero-order valence-corrected chi connectivity index (χ0v) is 10.7. The Bertz CT molecular complexity index is 642. The highest BCUT2D eigenvalue weighted by molar-refractivity contribution is 6.00. The first-order valence-corrected chi connectivity index (χ1v) is 5.83. The fraction of sp³-hybridized carbons (Fsp3) is 0.250. The van der Waals surface area contributed by atoms with Gasteiger partial charge in [0.05, 0.1) is 11.4 Å². The molecule has 1 aromatic heterocycles. The van der Waals surface area contributed by atoms with Crippen LogP contribution >= 0.6 is 0 Å². The third kappa shape index (κ3) is 2.85. The van der Waals surface area contributed by atoms with Gasteiger partial charge < -0.3 is 20.7 Å². The number of benzene rings is 1. The SMILES string of the molecule is Cc1nc(CCNc2ccc(F)c(N)c2C(=O)O)no1. The van der Waals surface area contributed by atoms with Gasteiger partial charge in [0.15, 0.2) is 5.82 Å². The number of halogens is 1. The average molecular weight is 280 g/mol. The molecule has 0 aliphatic carbocycles. The first-order valence-electron chi connectivity index (χ1n) is 5.83. The van der Waals surface area contributed by atoms with Crippen LogP contribution in [-0.4, -0.2) is 27.8 Å². The molecule has 0 aliphatic rings. The molecule has 2 rings (SSSR count). The molecule has 106 valence electrons. The maximum Gasteiger partial charge on any atom is 0.340 e. The number of nitrogen functional groups attached to an aromatic ring is 1. The smallest absolute Gasteiger partial charge is 0.340 e. The van der Waals surface area contributed by atoms with Gasteiger partial charge in [-0.2, -0.15) is 4.98 Å². The summed E-state index contributed by atoms with van der Waals surface area (Å²) >= 11 is 0. The molecular weight excluding hydrogens is 267 g/mol. The molecule has 8 heteroatoms. The van der Waals surface area contributed by atoms with Crippen molar-refractivity contribution in [2.75, 3.05) is 17.6 Å². The number of aryl methyl sites for hydroxylation is 1. The summed E-state index contributed by atoms with van der Waals surface area (Å²) in [7, 11) is 0. The monoisotopic (exact) mass is 280 g/mol. The van der Waals surface area contributed by atoms with Crippen molar-refractivity contribution in [3.8, 4) is 0 Å². The third-order valence-corrected chi connectivity index (χ3v) is 2.64. The molecule has 7 nitrogen and oxygen atoms in total. The van der Waals surface area contributed by atoms with Crippen molar-refractivity contribution >= 4 is 17.3 Å². The van der Waals surface area contributed by atoms with Gasteiger partial charge in [-0.15, -0.1) is 0 Å². The standard InChI is InChI=1S/C12H13FN4O3/c1-6-16-9(17-20-6)4-5-15-8-3-2-7(13)11(14)10(8)12(18)19/h2-3,15H,4-5,14H2,1H3,(H,18,19). The normalized spacial score (nSPS) is 10.5. The third-order valence-electron chi connectivity index (χ3n) is 2.64. The number of rotatable bonds is 5. The fourth-order valence-electron chi connectivity index (χ4n) is 1.72. The highest BCUT2D eigenvalue weighted by atomic mass is 19.1. The van der Waals surface area contributed by atoms with E-state index < -0.39 is 17.5 Å². The molecule has 0 saturated heterocycles. The molecule has 0 fully saturated rings. The topological polar surface area (TPSA) is 114 Å². The van der Waals surface area contributed by atoms with Crippen molar-refractivity contribution in [2.24, 2.45) is 0 Å². The van der Waals surface area contributed by atoms with Crippen LogP contribution in [0.25, 0.3) is 0 Å². The van der Waals surface area contributed by atoms with Crippen LogP contribution in [0.5, 0.6) is 0 Å². The number of nitrogens with zero attached hydrogens (tertiary/aromatic N) is 2. The first-order chi connectivity index (χ1) is 9.49. The molecule has 0 saturated carbocycles. The number of carboxylic acid groups (broad SMARTS) is 1. The summed E-state index contributed by atoms with van der Waals surface area (Å²) in [6, 6.07) is 2.44. The summed E-state index contributed by atoms with van der Waals surface area (Å²) in [5.74, 6) is -1.10. The molecule has 1 aromatic carbocycles. The van der Waals surface area contributed by atoms with Crippen molar-refractivity contribution < 1.29 is 18.8 Å². The highest BCUT2D eigenvalue weighted by Crippen LogP contribution is 2.25. The summed E-state index contributed by atoms with van der Waals surface area (Å²) in [4.78, 5) is 15.1. The summed E-state index contributed by atoms with van der Waals surface area (Å²) in [5, 5.41) is 15.6. The molecule has 4 N–H and O–H groups in total. The maximum atomic E-state index is 13.3. The second kappa shape index (κ2) is 5.55. The second-order valence-corrected chi connectivity index (χ2v) is 4.10. The number of carbonyl (C=O) groups is 1. The predicted molar refractivity (Wildman–Crippen MR) is 69.0 cm³/mol. The Morgan fingerprint density at radius 3 is 2.90 bits per heavy atom. The number of hydrogen-bond donors (Lipinski definition) is 3. The van der Waals surface area contributed by atoms with Crippen molar-refractivity contribution in [1.82, 2.24) is 10.1 Å². The molecule has 1 heterocycles. The number of nitrogens with one attached hydrogen (secondary N) is 1. The lowest BCUT2D eigenvalue weighted by atomic mass is 10.1. The van der Waals surface area contributed by atoms with Gasteiger partial charge >= 0.3 is 5.97 Å². The van der Waals surface area contributed by atoms with E-state index in [4.69, 9.17) is 15.4 Å². The minimum absolute atomic E-state index is 0.247. The van der Waals surface area contributed by atoms with Crippen LogP contribution in [0.1, 0.15) is 22.1 Å². The van der Waals surface area contributed by atoms with Gasteiger partial charge in [-0.25, -0.2) is 9.18 Å². The molecule has 0 radical (unpaired) electrons. The van der Waals surface area contributed by atoms with E-state index in [0.29, 0.717) is 24.7 Å². The molecule has 0 unspecified atom stereocenters. The maximum absolute atomic E-state index is 13.3. The lowest BCUT2D eigenvalue weighted by molar-refractivity contribution is 0.0698. The minimum atomic E-state index is -1.29. The van der Waals surface area contributed by atoms with Crippen LogP contribution < -0.4 is 11.1 Å². The van der Waals surface area contributed by atoms with Crippen LogP contribution in [0.2, 0.25) is 0 Å². The van der Waals surface area contributed by atoms with Crippen molar-refractivity contribution in [2.45, 2.75) is 13.3 Å². The Labute approximate surface area is 113 Å². The van der Waals surface area contributed by atoms with Crippen molar-refractivity contribution in [3.05, 3.63) is 35.2 Å². The molecule has 2 aromatic rings. The minimum Gasteiger partial charge on any atom is -0.478 e. The van der Waals surface area contributed by atoms with Crippen molar-refractivity contribution in [1.29, 1.82) is 0 Å². The van der Waals surface area contributed by atoms with E-state index in [1.807, 2.05) is 0 Å². The molecule has 20 heavy (non-hydrogen) atoms. The van der Waals surface area contributed by atoms with Crippen LogP contribution in [-0.2, 0) is 6.42 Å². The van der Waals surface area contributed by atoms with Gasteiger partial charge in [-0.05, 0) is 12.1 Å². The number of anilines is 2. The largest absolute Gasteiger partial charge is 0.478 e. The molecule has 0 spiro atoms. The number of aromatic carboxylic acids is 1. The van der Waals surface area contributed by atoms with E-state index in [0.717, 1.165) is 6.07 Å². The molecular formula is C12H13FN4O3. The van der Waals surface area contributed by atoms with Gasteiger partial charge in [-0.3, -0.25) is 0 Å². The molecule has 0 amide bonds. The van der Waals surface area contributed by atoms with Crippen LogP contribution in [0, 0.1) is 12.7 Å². The van der Waals surface area contributed by atoms with Crippen LogP contribution in [0.4, 0.5) is 15.8 Å². The second-order valence-electron chi connectivity index (χ2n) is 4.10. The summed E-state index contributed by atoms with van der Waals surface area (Å²) in [6.07, 6.45) is 0.438. The predicted octanol–water partition coefficient (Wildman–Crippen LogP) is 1.45. The Kier molecular flexibility index (Phi) is 3.83. The molecule has 0 aliphatic heterocycles. The van der Waals surface area contributed by atoms with E-state index >= 15 is 0 Å². The molecule has 0 atom stereocenters. The van der Waals surface area contributed by atoms with E-state index in [9.17, 15) is 9.18 Å². The van der Waals surface area contributed by atoms with Gasteiger partial charge in [0.2, 0.25) is 5.89 Å². The van der Waals surface area contributed by atoms with E-state index in [1.165, 1.54) is 6.07 Å². The lowest BCUT2D eigenvalue weighted by Gasteiger charge is -2.11. The van der Waals surface area contributed by atoms with Crippen LogP contribution in [0.3, 0.4) is 0 Å². The Balaban J connectivity index is 2.09. The zero-order chi connectivity index (χ0) is 14.7. The lowest BCUT2D eigenvalue weighted by Crippen LogP contribution is -2.13. The van der Waals surface area contributed by atoms with Gasteiger partial charge in [0.25, 0.3) is 0 Å². The Morgan fingerprint density at radius 1 is 1.55 bits per heavy atom. The van der Waals surface area contributed by atoms with Crippen molar-refractivity contribution in [3.63, 3.8) is 0 Å². The fourth-order valence-corrected chi connectivity index (χ4v) is 1.72. The molecule has 0 bridgehead atoms. The van der Waals surface area contributed by atoms with E-state index in [2.05, 4.69) is 15.5 Å². The highest BCUT2D eigenvalue weighted by Gasteiger charge is 2.17.